The van der Waals surface area contributed by atoms with Crippen molar-refractivity contribution >= 4 is 32.7 Å². The van der Waals surface area contributed by atoms with E-state index in [9.17, 15) is 13.7 Å². The van der Waals surface area contributed by atoms with Crippen LogP contribution in [0.1, 0.15) is 17.1 Å². The fourth-order valence-corrected chi connectivity index (χ4v) is 3.46. The van der Waals surface area contributed by atoms with Crippen molar-refractivity contribution in [2.24, 2.45) is 5.14 Å². The molecule has 7 nitrogen and oxygen atoms in total. The third-order valence-corrected chi connectivity index (χ3v) is 5.32. The number of nitrogens with two attached hydrogens (primary N) is 1. The second kappa shape index (κ2) is 7.05. The Morgan fingerprint density at radius 3 is 2.62 bits per heavy atom. The SMILES string of the molecule is Cc1ccc2nc(/C(C#N)=C\c3ccc(-c4ccc(S(N)(=O)=O)cc4)o3)[nH]c2c1. The van der Waals surface area contributed by atoms with Gasteiger partial charge in [-0.2, -0.15) is 5.26 Å². The summed E-state index contributed by atoms with van der Waals surface area (Å²) >= 11 is 0. The maximum Gasteiger partial charge on any atom is 0.238 e. The third-order valence-electron chi connectivity index (χ3n) is 4.39. The van der Waals surface area contributed by atoms with Crippen LogP contribution in [-0.2, 0) is 10.0 Å². The Morgan fingerprint density at radius 1 is 1.17 bits per heavy atom. The first-order valence-corrected chi connectivity index (χ1v) is 10.2. The predicted molar refractivity (Wildman–Crippen MR) is 110 cm³/mol. The van der Waals surface area contributed by atoms with Crippen LogP contribution in [0, 0.1) is 18.3 Å². The van der Waals surface area contributed by atoms with Gasteiger partial charge in [0.05, 0.1) is 21.5 Å². The molecule has 2 aromatic carbocycles. The number of aromatic amines is 1. The number of aryl methyl sites for hydroxylation is 1. The number of nitrogens with zero attached hydrogens (tertiary/aromatic N) is 2. The Hall–Kier alpha value is -3.67. The summed E-state index contributed by atoms with van der Waals surface area (Å²) in [5.41, 5.74) is 3.76. The van der Waals surface area contributed by atoms with Crippen LogP contribution in [0.3, 0.4) is 0 Å². The lowest BCUT2D eigenvalue weighted by Gasteiger charge is -2.00. The van der Waals surface area contributed by atoms with Crippen LogP contribution in [-0.4, -0.2) is 18.4 Å². The Kier molecular flexibility index (Phi) is 4.54. The monoisotopic (exact) mass is 404 g/mol. The molecule has 4 aromatic rings. The van der Waals surface area contributed by atoms with E-state index < -0.39 is 10.0 Å². The number of H-pyrrole nitrogens is 1. The van der Waals surface area contributed by atoms with Gasteiger partial charge in [0.2, 0.25) is 10.0 Å². The van der Waals surface area contributed by atoms with E-state index in [2.05, 4.69) is 16.0 Å². The van der Waals surface area contributed by atoms with E-state index in [1.807, 2.05) is 25.1 Å². The summed E-state index contributed by atoms with van der Waals surface area (Å²) in [7, 11) is -3.75. The van der Waals surface area contributed by atoms with Gasteiger partial charge in [0.25, 0.3) is 0 Å². The van der Waals surface area contributed by atoms with E-state index in [-0.39, 0.29) is 4.90 Å². The molecule has 8 heteroatoms. The lowest BCUT2D eigenvalue weighted by molar-refractivity contribution is 0.571. The minimum atomic E-state index is -3.75. The standard InChI is InChI=1S/C21H16N4O3S/c1-13-2-8-18-19(10-13)25-21(24-18)15(12-22)11-16-5-9-20(28-16)14-3-6-17(7-4-14)29(23,26)27/h2-11H,1H3,(H,24,25)(H2,23,26,27)/b15-11-. The molecule has 0 bridgehead atoms. The molecule has 0 amide bonds. The van der Waals surface area contributed by atoms with Gasteiger partial charge in [0.1, 0.15) is 23.4 Å². The van der Waals surface area contributed by atoms with Gasteiger partial charge >= 0.3 is 0 Å². The minimum absolute atomic E-state index is 0.0276. The molecule has 2 heterocycles. The van der Waals surface area contributed by atoms with Gasteiger partial charge in [-0.25, -0.2) is 18.5 Å². The maximum absolute atomic E-state index is 11.4. The lowest BCUT2D eigenvalue weighted by atomic mass is 10.2. The maximum atomic E-state index is 11.4. The molecule has 2 aromatic heterocycles. The van der Waals surface area contributed by atoms with E-state index in [1.165, 1.54) is 12.1 Å². The summed E-state index contributed by atoms with van der Waals surface area (Å²) in [6, 6.07) is 17.5. The van der Waals surface area contributed by atoms with Gasteiger partial charge in [-0.1, -0.05) is 6.07 Å². The Balaban J connectivity index is 1.65. The number of benzene rings is 2. The molecule has 0 aliphatic heterocycles. The zero-order valence-electron chi connectivity index (χ0n) is 15.4. The number of hydrogen-bond acceptors (Lipinski definition) is 5. The molecular formula is C21H16N4O3S. The minimum Gasteiger partial charge on any atom is -0.457 e. The number of fused-ring (bicyclic) bond motifs is 1. The van der Waals surface area contributed by atoms with E-state index in [0.29, 0.717) is 28.5 Å². The summed E-state index contributed by atoms with van der Waals surface area (Å²) in [5, 5.41) is 14.7. The molecule has 0 atom stereocenters. The zero-order chi connectivity index (χ0) is 20.6. The van der Waals surface area contributed by atoms with E-state index in [4.69, 9.17) is 9.56 Å². The number of nitrogens with one attached hydrogen (secondary N) is 1. The molecule has 0 radical (unpaired) electrons. The Morgan fingerprint density at radius 2 is 1.93 bits per heavy atom. The van der Waals surface area contributed by atoms with Gasteiger partial charge in [-0.05, 0) is 61.0 Å². The van der Waals surface area contributed by atoms with E-state index in [1.54, 1.807) is 30.3 Å². The summed E-state index contributed by atoms with van der Waals surface area (Å²) in [5.74, 6) is 1.47. The molecular weight excluding hydrogens is 388 g/mol. The summed E-state index contributed by atoms with van der Waals surface area (Å²) in [4.78, 5) is 7.64. The molecule has 0 saturated heterocycles. The summed E-state index contributed by atoms with van der Waals surface area (Å²) in [6.45, 7) is 1.99. The van der Waals surface area contributed by atoms with Crippen LogP contribution >= 0.6 is 0 Å². The molecule has 0 fully saturated rings. The molecule has 3 N–H and O–H groups in total. The number of primary sulfonamides is 1. The molecule has 0 aliphatic rings. The zero-order valence-corrected chi connectivity index (χ0v) is 16.2. The Bertz CT molecular complexity index is 1390. The van der Waals surface area contributed by atoms with Crippen molar-refractivity contribution in [2.45, 2.75) is 11.8 Å². The van der Waals surface area contributed by atoms with Crippen LogP contribution in [0.4, 0.5) is 0 Å². The Labute approximate surface area is 167 Å². The fraction of sp³-hybridized carbons (Fsp3) is 0.0476. The molecule has 144 valence electrons. The average Bonchev–Trinajstić information content (AvgIpc) is 3.32. The first-order valence-electron chi connectivity index (χ1n) is 8.65. The van der Waals surface area contributed by atoms with Crippen LogP contribution in [0.15, 0.2) is 63.9 Å². The number of furan rings is 1. The lowest BCUT2D eigenvalue weighted by Crippen LogP contribution is -2.11. The second-order valence-corrected chi connectivity index (χ2v) is 8.11. The van der Waals surface area contributed by atoms with Gasteiger partial charge in [-0.15, -0.1) is 0 Å². The van der Waals surface area contributed by atoms with Crippen LogP contribution < -0.4 is 5.14 Å². The normalized spacial score (nSPS) is 12.2. The van der Waals surface area contributed by atoms with Gasteiger partial charge in [0.15, 0.2) is 0 Å². The second-order valence-electron chi connectivity index (χ2n) is 6.55. The van der Waals surface area contributed by atoms with Crippen molar-refractivity contribution in [1.29, 1.82) is 5.26 Å². The largest absolute Gasteiger partial charge is 0.457 e. The topological polar surface area (TPSA) is 126 Å². The van der Waals surface area contributed by atoms with E-state index in [0.717, 1.165) is 16.6 Å². The highest BCUT2D eigenvalue weighted by molar-refractivity contribution is 7.89. The number of imidazole rings is 1. The number of nitriles is 1. The molecule has 0 aliphatic carbocycles. The van der Waals surface area contributed by atoms with Gasteiger partial charge in [0, 0.05) is 11.6 Å². The van der Waals surface area contributed by atoms with Crippen LogP contribution in [0.2, 0.25) is 0 Å². The number of sulfonamides is 1. The number of rotatable bonds is 4. The van der Waals surface area contributed by atoms with Crippen molar-refractivity contribution in [2.75, 3.05) is 0 Å². The first kappa shape index (κ1) is 18.7. The van der Waals surface area contributed by atoms with Crippen LogP contribution in [0.25, 0.3) is 34.0 Å². The number of allylic oxidation sites excluding steroid dienone is 1. The van der Waals surface area contributed by atoms with Gasteiger partial charge < -0.3 is 9.40 Å². The van der Waals surface area contributed by atoms with Crippen molar-refractivity contribution < 1.29 is 12.8 Å². The third kappa shape index (κ3) is 3.82. The number of aromatic nitrogens is 2. The van der Waals surface area contributed by atoms with Crippen molar-refractivity contribution in [3.05, 3.63) is 71.7 Å². The molecule has 29 heavy (non-hydrogen) atoms. The first-order chi connectivity index (χ1) is 13.8. The fourth-order valence-electron chi connectivity index (χ4n) is 2.94. The molecule has 4 rings (SSSR count). The van der Waals surface area contributed by atoms with Gasteiger partial charge in [-0.3, -0.25) is 0 Å². The summed E-state index contributed by atoms with van der Waals surface area (Å²) < 4.78 is 28.5. The van der Waals surface area contributed by atoms with Crippen molar-refractivity contribution in [3.8, 4) is 17.4 Å². The van der Waals surface area contributed by atoms with Crippen molar-refractivity contribution in [1.82, 2.24) is 9.97 Å². The quantitative estimate of drug-likeness (QED) is 0.500. The summed E-state index contributed by atoms with van der Waals surface area (Å²) in [6.07, 6.45) is 1.60. The predicted octanol–water partition coefficient (Wildman–Crippen LogP) is 3.84. The number of hydrogen-bond donors (Lipinski definition) is 2. The van der Waals surface area contributed by atoms with E-state index >= 15 is 0 Å². The van der Waals surface area contributed by atoms with Crippen molar-refractivity contribution in [3.63, 3.8) is 0 Å². The highest BCUT2D eigenvalue weighted by atomic mass is 32.2. The molecule has 0 unspecified atom stereocenters. The smallest absolute Gasteiger partial charge is 0.238 e. The highest BCUT2D eigenvalue weighted by Gasteiger charge is 2.11. The average molecular weight is 404 g/mol. The molecule has 0 saturated carbocycles. The van der Waals surface area contributed by atoms with Crippen LogP contribution in [0.5, 0.6) is 0 Å². The highest BCUT2D eigenvalue weighted by Crippen LogP contribution is 2.26. The molecule has 0 spiro atoms.